The number of amides is 1. The zero-order valence-electron chi connectivity index (χ0n) is 13.9. The first-order valence-electron chi connectivity index (χ1n) is 8.07. The number of hydrogen-bond donors (Lipinski definition) is 1. The summed E-state index contributed by atoms with van der Waals surface area (Å²) in [5.41, 5.74) is 2.42. The van der Waals surface area contributed by atoms with Crippen LogP contribution in [0.3, 0.4) is 0 Å². The van der Waals surface area contributed by atoms with Crippen LogP contribution in [-0.4, -0.2) is 32.8 Å². The van der Waals surface area contributed by atoms with Crippen molar-refractivity contribution in [2.75, 3.05) is 17.2 Å². The molecule has 1 heterocycles. The fourth-order valence-corrected chi connectivity index (χ4v) is 3.74. The summed E-state index contributed by atoms with van der Waals surface area (Å²) in [7, 11) is -4.00. The van der Waals surface area contributed by atoms with Crippen LogP contribution in [0.2, 0.25) is 0 Å². The molecular formula is C16H21F3N2O3S. The number of carbonyl (C=O) groups is 1. The highest BCUT2D eigenvalue weighted by Gasteiger charge is 2.30. The molecule has 1 aromatic carbocycles. The normalized spacial score (nSPS) is 15.4. The van der Waals surface area contributed by atoms with Gasteiger partial charge in [0.1, 0.15) is 0 Å². The van der Waals surface area contributed by atoms with Gasteiger partial charge in [-0.15, -0.1) is 0 Å². The number of rotatable bonds is 7. The van der Waals surface area contributed by atoms with Gasteiger partial charge in [0.15, 0.2) is 0 Å². The molecule has 0 aromatic heterocycles. The van der Waals surface area contributed by atoms with Crippen molar-refractivity contribution >= 4 is 21.6 Å². The van der Waals surface area contributed by atoms with Crippen LogP contribution in [0.4, 0.5) is 18.9 Å². The van der Waals surface area contributed by atoms with Crippen LogP contribution in [0.5, 0.6) is 0 Å². The number of hydrogen-bond acceptors (Lipinski definition) is 3. The van der Waals surface area contributed by atoms with Gasteiger partial charge in [-0.3, -0.25) is 4.79 Å². The van der Waals surface area contributed by atoms with Crippen LogP contribution in [0.25, 0.3) is 0 Å². The Morgan fingerprint density at radius 3 is 2.60 bits per heavy atom. The Balaban J connectivity index is 2.04. The topological polar surface area (TPSA) is 66.5 Å². The summed E-state index contributed by atoms with van der Waals surface area (Å²) >= 11 is 0. The Hall–Kier alpha value is -1.61. The van der Waals surface area contributed by atoms with E-state index in [0.29, 0.717) is 24.9 Å². The maximum atomic E-state index is 12.1. The number of carbonyl (C=O) groups excluding carboxylic acids is 1. The number of benzene rings is 1. The fraction of sp³-hybridized carbons (Fsp3) is 0.562. The maximum absolute atomic E-state index is 12.1. The van der Waals surface area contributed by atoms with Crippen molar-refractivity contribution < 1.29 is 26.4 Å². The van der Waals surface area contributed by atoms with E-state index < -0.39 is 28.4 Å². The highest BCUT2D eigenvalue weighted by Crippen LogP contribution is 2.29. The van der Waals surface area contributed by atoms with Crippen molar-refractivity contribution in [3.05, 3.63) is 29.3 Å². The molecule has 2 rings (SSSR count). The first-order chi connectivity index (χ1) is 11.6. The Labute approximate surface area is 145 Å². The minimum Gasteiger partial charge on any atom is -0.312 e. The van der Waals surface area contributed by atoms with E-state index >= 15 is 0 Å². The summed E-state index contributed by atoms with van der Waals surface area (Å²) in [4.78, 5) is 13.7. The van der Waals surface area contributed by atoms with Crippen LogP contribution in [0.1, 0.15) is 37.3 Å². The summed E-state index contributed by atoms with van der Waals surface area (Å²) in [6.45, 7) is 2.52. The lowest BCUT2D eigenvalue weighted by molar-refractivity contribution is -0.130. The predicted molar refractivity (Wildman–Crippen MR) is 88.7 cm³/mol. The fourth-order valence-electron chi connectivity index (χ4n) is 2.71. The van der Waals surface area contributed by atoms with Gasteiger partial charge < -0.3 is 4.90 Å². The summed E-state index contributed by atoms with van der Waals surface area (Å²) in [5, 5.41) is 0. The second-order valence-corrected chi connectivity index (χ2v) is 7.94. The van der Waals surface area contributed by atoms with Gasteiger partial charge in [-0.1, -0.05) is 19.1 Å². The molecule has 1 N–H and O–H groups in total. The van der Waals surface area contributed by atoms with Gasteiger partial charge in [0, 0.05) is 25.2 Å². The second-order valence-electron chi connectivity index (χ2n) is 6.01. The standard InChI is InChI=1S/C16H21F3N2O3S/c1-2-8-21-14-5-3-12(10-13(14)4-6-15(21)22)11-20-25(23,24)9-7-16(17,18)19/h3,5,10,20H,2,4,6-9,11H2,1H3. The number of fused-ring (bicyclic) bond motifs is 1. The third kappa shape index (κ3) is 5.71. The average molecular weight is 378 g/mol. The molecule has 5 nitrogen and oxygen atoms in total. The molecule has 0 spiro atoms. The van der Waals surface area contributed by atoms with Crippen LogP contribution in [0, 0.1) is 0 Å². The largest absolute Gasteiger partial charge is 0.390 e. The van der Waals surface area contributed by atoms with Crippen LogP contribution in [-0.2, 0) is 27.8 Å². The molecule has 140 valence electrons. The number of nitrogens with one attached hydrogen (secondary N) is 1. The van der Waals surface area contributed by atoms with E-state index in [1.54, 1.807) is 23.1 Å². The van der Waals surface area contributed by atoms with Crippen molar-refractivity contribution in [3.63, 3.8) is 0 Å². The summed E-state index contributed by atoms with van der Waals surface area (Å²) in [6, 6.07) is 5.25. The molecule has 0 atom stereocenters. The van der Waals surface area contributed by atoms with E-state index in [0.717, 1.165) is 17.7 Å². The Morgan fingerprint density at radius 2 is 1.96 bits per heavy atom. The number of sulfonamides is 1. The van der Waals surface area contributed by atoms with Gasteiger partial charge in [0.05, 0.1) is 12.2 Å². The lowest BCUT2D eigenvalue weighted by atomic mass is 9.98. The van der Waals surface area contributed by atoms with Gasteiger partial charge in [-0.2, -0.15) is 13.2 Å². The molecule has 9 heteroatoms. The van der Waals surface area contributed by atoms with Crippen LogP contribution < -0.4 is 9.62 Å². The minimum atomic E-state index is -4.50. The monoisotopic (exact) mass is 378 g/mol. The molecule has 1 amide bonds. The molecule has 0 aliphatic carbocycles. The summed E-state index contributed by atoms with van der Waals surface area (Å²) in [5.74, 6) is -0.921. The van der Waals surface area contributed by atoms with Crippen LogP contribution in [0.15, 0.2) is 18.2 Å². The highest BCUT2D eigenvalue weighted by atomic mass is 32.2. The van der Waals surface area contributed by atoms with E-state index in [1.807, 2.05) is 6.92 Å². The van der Waals surface area contributed by atoms with Gasteiger partial charge in [-0.05, 0) is 30.0 Å². The van der Waals surface area contributed by atoms with E-state index in [9.17, 15) is 26.4 Å². The number of anilines is 1. The Kier molecular flexibility index (Phi) is 6.10. The molecule has 0 unspecified atom stereocenters. The van der Waals surface area contributed by atoms with Crippen molar-refractivity contribution in [3.8, 4) is 0 Å². The highest BCUT2D eigenvalue weighted by molar-refractivity contribution is 7.89. The number of aryl methyl sites for hydroxylation is 1. The molecule has 0 radical (unpaired) electrons. The van der Waals surface area contributed by atoms with E-state index in [4.69, 9.17) is 0 Å². The van der Waals surface area contributed by atoms with E-state index in [-0.39, 0.29) is 12.5 Å². The predicted octanol–water partition coefficient (Wildman–Crippen LogP) is 2.75. The number of nitrogens with zero attached hydrogens (tertiary/aromatic N) is 1. The van der Waals surface area contributed by atoms with E-state index in [2.05, 4.69) is 4.72 Å². The zero-order valence-corrected chi connectivity index (χ0v) is 14.7. The third-order valence-corrected chi connectivity index (χ3v) is 5.27. The molecule has 1 aliphatic heterocycles. The number of halogens is 3. The third-order valence-electron chi connectivity index (χ3n) is 3.94. The molecule has 0 fully saturated rings. The molecule has 1 aromatic rings. The smallest absolute Gasteiger partial charge is 0.312 e. The number of alkyl halides is 3. The van der Waals surface area contributed by atoms with Gasteiger partial charge in [0.25, 0.3) is 0 Å². The van der Waals surface area contributed by atoms with Gasteiger partial charge in [-0.25, -0.2) is 13.1 Å². The molecule has 25 heavy (non-hydrogen) atoms. The van der Waals surface area contributed by atoms with Crippen LogP contribution >= 0.6 is 0 Å². The Bertz CT molecular complexity index is 733. The molecule has 0 bridgehead atoms. The average Bonchev–Trinajstić information content (AvgIpc) is 2.53. The maximum Gasteiger partial charge on any atom is 0.390 e. The zero-order chi connectivity index (χ0) is 18.7. The van der Waals surface area contributed by atoms with Crippen molar-refractivity contribution in [2.45, 2.75) is 45.3 Å². The summed E-state index contributed by atoms with van der Waals surface area (Å²) < 4.78 is 61.9. The quantitative estimate of drug-likeness (QED) is 0.793. The molecule has 1 aliphatic rings. The van der Waals surface area contributed by atoms with E-state index in [1.165, 1.54) is 0 Å². The first kappa shape index (κ1) is 19.7. The molecular weight excluding hydrogens is 357 g/mol. The first-order valence-corrected chi connectivity index (χ1v) is 9.73. The molecule has 0 saturated carbocycles. The second kappa shape index (κ2) is 7.74. The summed E-state index contributed by atoms with van der Waals surface area (Å²) in [6.07, 6.45) is -4.08. The van der Waals surface area contributed by atoms with Gasteiger partial charge >= 0.3 is 6.18 Å². The lowest BCUT2D eigenvalue weighted by Gasteiger charge is -2.29. The lowest BCUT2D eigenvalue weighted by Crippen LogP contribution is -2.35. The molecule has 0 saturated heterocycles. The van der Waals surface area contributed by atoms with Gasteiger partial charge in [0.2, 0.25) is 15.9 Å². The SMILES string of the molecule is CCCN1C(=O)CCc2cc(CNS(=O)(=O)CCC(F)(F)F)ccc21. The minimum absolute atomic E-state index is 0.0648. The van der Waals surface area contributed by atoms with Crippen molar-refractivity contribution in [1.29, 1.82) is 0 Å². The van der Waals surface area contributed by atoms with Crippen molar-refractivity contribution in [1.82, 2.24) is 4.72 Å². The van der Waals surface area contributed by atoms with Crippen molar-refractivity contribution in [2.24, 2.45) is 0 Å². The Morgan fingerprint density at radius 1 is 1.24 bits per heavy atom.